The van der Waals surface area contributed by atoms with Crippen LogP contribution in [0.1, 0.15) is 27.2 Å². The van der Waals surface area contributed by atoms with E-state index in [2.05, 4.69) is 0 Å². The summed E-state index contributed by atoms with van der Waals surface area (Å²) in [5.74, 6) is 0.155. The molecule has 0 saturated carbocycles. The van der Waals surface area contributed by atoms with E-state index in [0.717, 1.165) is 0 Å². The fraction of sp³-hybridized carbons (Fsp3) is 0.889. The van der Waals surface area contributed by atoms with E-state index in [1.165, 1.54) is 0 Å². The van der Waals surface area contributed by atoms with Crippen LogP contribution in [-0.2, 0) is 4.74 Å². The molecule has 0 aromatic rings. The normalized spacial score (nSPS) is 13.9. The first-order valence-electron chi connectivity index (χ1n) is 4.44. The molecule has 0 fully saturated rings. The van der Waals surface area contributed by atoms with Gasteiger partial charge in [0.15, 0.2) is 5.90 Å². The molecule has 0 aromatic carbocycles. The van der Waals surface area contributed by atoms with Gasteiger partial charge in [-0.05, 0) is 13.3 Å². The average Bonchev–Trinajstić information content (AvgIpc) is 2.04. The van der Waals surface area contributed by atoms with Gasteiger partial charge >= 0.3 is 0 Å². The third-order valence-electron chi connectivity index (χ3n) is 1.86. The third-order valence-corrected chi connectivity index (χ3v) is 1.86. The lowest BCUT2D eigenvalue weighted by Gasteiger charge is -2.26. The minimum absolute atomic E-state index is 0.155. The second-order valence-corrected chi connectivity index (χ2v) is 3.69. The fourth-order valence-electron chi connectivity index (χ4n) is 1.09. The lowest BCUT2D eigenvalue weighted by Crippen LogP contribution is -2.31. The molecule has 1 atom stereocenters. The van der Waals surface area contributed by atoms with E-state index in [0.29, 0.717) is 13.0 Å². The summed E-state index contributed by atoms with van der Waals surface area (Å²) in [6, 6.07) is 0. The highest BCUT2D eigenvalue weighted by atomic mass is 16.5. The lowest BCUT2D eigenvalue weighted by atomic mass is 9.86. The molecule has 3 N–H and O–H groups in total. The van der Waals surface area contributed by atoms with Gasteiger partial charge in [-0.25, -0.2) is 0 Å². The largest absolute Gasteiger partial charge is 0.481 e. The molecule has 4 nitrogen and oxygen atoms in total. The quantitative estimate of drug-likeness (QED) is 0.442. The molecule has 0 saturated heterocycles. The summed E-state index contributed by atoms with van der Waals surface area (Å²) in [4.78, 5) is 0. The van der Waals surface area contributed by atoms with Gasteiger partial charge < -0.3 is 14.9 Å². The summed E-state index contributed by atoms with van der Waals surface area (Å²) in [5, 5.41) is 25.4. The van der Waals surface area contributed by atoms with Gasteiger partial charge in [0.2, 0.25) is 0 Å². The zero-order chi connectivity index (χ0) is 10.5. The van der Waals surface area contributed by atoms with E-state index in [4.69, 9.17) is 15.3 Å². The Balaban J connectivity index is 4.13. The van der Waals surface area contributed by atoms with Crippen LogP contribution in [0.2, 0.25) is 0 Å². The Hall–Kier alpha value is -0.610. The number of aliphatic hydroxyl groups excluding tert-OH is 2. The minimum Gasteiger partial charge on any atom is -0.481 e. The monoisotopic (exact) mass is 189 g/mol. The first-order chi connectivity index (χ1) is 5.94. The molecule has 0 radical (unpaired) electrons. The Morgan fingerprint density at radius 2 is 2.08 bits per heavy atom. The van der Waals surface area contributed by atoms with Crippen molar-refractivity contribution in [1.82, 2.24) is 0 Å². The molecule has 0 heterocycles. The fourth-order valence-corrected chi connectivity index (χ4v) is 1.09. The van der Waals surface area contributed by atoms with Gasteiger partial charge in [0.25, 0.3) is 0 Å². The standard InChI is InChI=1S/C9H19NO3/c1-4-13-8(10)9(2,3)5-7(12)6-11/h7,10-12H,4-6H2,1-3H3. The number of aliphatic hydroxyl groups is 2. The van der Waals surface area contributed by atoms with E-state index >= 15 is 0 Å². The molecule has 0 spiro atoms. The second kappa shape index (κ2) is 5.19. The van der Waals surface area contributed by atoms with Gasteiger partial charge in [0.1, 0.15) is 0 Å². The van der Waals surface area contributed by atoms with Crippen LogP contribution in [0.15, 0.2) is 0 Å². The van der Waals surface area contributed by atoms with Gasteiger partial charge in [0.05, 0.1) is 19.3 Å². The smallest absolute Gasteiger partial charge is 0.186 e. The summed E-state index contributed by atoms with van der Waals surface area (Å²) in [6.45, 7) is 5.61. The maximum Gasteiger partial charge on any atom is 0.186 e. The van der Waals surface area contributed by atoms with Gasteiger partial charge in [0, 0.05) is 5.41 Å². The number of nitrogens with one attached hydrogen (secondary N) is 1. The van der Waals surface area contributed by atoms with Crippen LogP contribution in [0.25, 0.3) is 0 Å². The molecule has 0 amide bonds. The number of rotatable bonds is 5. The van der Waals surface area contributed by atoms with Crippen LogP contribution >= 0.6 is 0 Å². The molecule has 78 valence electrons. The molecule has 0 aliphatic carbocycles. The Morgan fingerprint density at radius 1 is 1.54 bits per heavy atom. The highest BCUT2D eigenvalue weighted by Crippen LogP contribution is 2.24. The van der Waals surface area contributed by atoms with Crippen molar-refractivity contribution in [1.29, 1.82) is 5.41 Å². The zero-order valence-electron chi connectivity index (χ0n) is 8.50. The number of ether oxygens (including phenoxy) is 1. The highest BCUT2D eigenvalue weighted by Gasteiger charge is 2.28. The van der Waals surface area contributed by atoms with Crippen molar-refractivity contribution in [3.63, 3.8) is 0 Å². The Bertz CT molecular complexity index is 168. The van der Waals surface area contributed by atoms with Gasteiger partial charge in [-0.15, -0.1) is 0 Å². The summed E-state index contributed by atoms with van der Waals surface area (Å²) < 4.78 is 5.04. The maximum atomic E-state index is 9.21. The van der Waals surface area contributed by atoms with Crippen molar-refractivity contribution in [3.05, 3.63) is 0 Å². The zero-order valence-corrected chi connectivity index (χ0v) is 8.50. The maximum absolute atomic E-state index is 9.21. The molecule has 0 bridgehead atoms. The van der Waals surface area contributed by atoms with Crippen molar-refractivity contribution in [2.75, 3.05) is 13.2 Å². The molecule has 0 aromatic heterocycles. The summed E-state index contributed by atoms with van der Waals surface area (Å²) in [7, 11) is 0. The summed E-state index contributed by atoms with van der Waals surface area (Å²) in [5.41, 5.74) is -0.516. The average molecular weight is 189 g/mol. The minimum atomic E-state index is -0.782. The van der Waals surface area contributed by atoms with Gasteiger partial charge in [-0.3, -0.25) is 5.41 Å². The number of hydrogen-bond donors (Lipinski definition) is 3. The van der Waals surface area contributed by atoms with Gasteiger partial charge in [-0.1, -0.05) is 13.8 Å². The van der Waals surface area contributed by atoms with Crippen LogP contribution in [-0.4, -0.2) is 35.4 Å². The SMILES string of the molecule is CCOC(=N)C(C)(C)CC(O)CO. The topological polar surface area (TPSA) is 73.5 Å². The van der Waals surface area contributed by atoms with Crippen molar-refractivity contribution >= 4 is 5.90 Å². The molecule has 0 aliphatic rings. The van der Waals surface area contributed by atoms with Crippen molar-refractivity contribution in [3.8, 4) is 0 Å². The molecule has 0 rings (SSSR count). The molecule has 1 unspecified atom stereocenters. The molecule has 4 heteroatoms. The van der Waals surface area contributed by atoms with Crippen LogP contribution in [0, 0.1) is 10.8 Å². The molecular formula is C9H19NO3. The third kappa shape index (κ3) is 4.24. The van der Waals surface area contributed by atoms with E-state index in [-0.39, 0.29) is 12.5 Å². The second-order valence-electron chi connectivity index (χ2n) is 3.69. The highest BCUT2D eigenvalue weighted by molar-refractivity contribution is 5.78. The Kier molecular flexibility index (Phi) is 4.95. The van der Waals surface area contributed by atoms with Crippen molar-refractivity contribution in [2.45, 2.75) is 33.3 Å². The first-order valence-corrected chi connectivity index (χ1v) is 4.44. The number of hydrogen-bond acceptors (Lipinski definition) is 4. The van der Waals surface area contributed by atoms with E-state index in [1.807, 2.05) is 20.8 Å². The molecule has 13 heavy (non-hydrogen) atoms. The van der Waals surface area contributed by atoms with Gasteiger partial charge in [-0.2, -0.15) is 0 Å². The Morgan fingerprint density at radius 3 is 2.46 bits per heavy atom. The van der Waals surface area contributed by atoms with E-state index in [1.54, 1.807) is 0 Å². The van der Waals surface area contributed by atoms with Crippen molar-refractivity contribution in [2.24, 2.45) is 5.41 Å². The predicted octanol–water partition coefficient (Wildman–Crippen LogP) is 0.770. The molecule has 0 aliphatic heterocycles. The van der Waals surface area contributed by atoms with Crippen LogP contribution in [0.4, 0.5) is 0 Å². The molecular weight excluding hydrogens is 170 g/mol. The summed E-state index contributed by atoms with van der Waals surface area (Å²) >= 11 is 0. The first kappa shape index (κ1) is 12.4. The lowest BCUT2D eigenvalue weighted by molar-refractivity contribution is 0.0650. The Labute approximate surface area is 79.0 Å². The van der Waals surface area contributed by atoms with Crippen LogP contribution in [0.5, 0.6) is 0 Å². The predicted molar refractivity (Wildman–Crippen MR) is 50.8 cm³/mol. The van der Waals surface area contributed by atoms with E-state index < -0.39 is 11.5 Å². The van der Waals surface area contributed by atoms with Crippen LogP contribution in [0.3, 0.4) is 0 Å². The van der Waals surface area contributed by atoms with E-state index in [9.17, 15) is 5.11 Å². The van der Waals surface area contributed by atoms with Crippen LogP contribution < -0.4 is 0 Å². The summed E-state index contributed by atoms with van der Waals surface area (Å²) in [6.07, 6.45) is -0.446. The van der Waals surface area contributed by atoms with Crippen molar-refractivity contribution < 1.29 is 14.9 Å².